The first-order valence-corrected chi connectivity index (χ1v) is 4.85. The molecule has 14 heavy (non-hydrogen) atoms. The summed E-state index contributed by atoms with van der Waals surface area (Å²) in [7, 11) is 0. The summed E-state index contributed by atoms with van der Waals surface area (Å²) in [5.74, 6) is 0. The van der Waals surface area contributed by atoms with E-state index in [1.54, 1.807) is 0 Å². The lowest BCUT2D eigenvalue weighted by atomic mass is 9.84. The molecule has 2 rings (SSSR count). The van der Waals surface area contributed by atoms with Crippen molar-refractivity contribution in [2.75, 3.05) is 13.2 Å². The van der Waals surface area contributed by atoms with Gasteiger partial charge in [0.25, 0.3) is 0 Å². The van der Waals surface area contributed by atoms with Crippen molar-refractivity contribution in [3.63, 3.8) is 0 Å². The molecule has 1 heterocycles. The molecule has 0 radical (unpaired) electrons. The molecule has 5 heteroatoms. The van der Waals surface area contributed by atoms with Crippen LogP contribution in [-0.2, 0) is 9.47 Å². The summed E-state index contributed by atoms with van der Waals surface area (Å²) in [6.07, 6.45) is 1.25. The van der Waals surface area contributed by atoms with Crippen molar-refractivity contribution in [1.29, 1.82) is 0 Å². The summed E-state index contributed by atoms with van der Waals surface area (Å²) >= 11 is 0. The molecule has 1 aliphatic heterocycles. The number of aliphatic hydroxyl groups excluding tert-OH is 1. The van der Waals surface area contributed by atoms with E-state index in [4.69, 9.17) is 15.2 Å². The van der Waals surface area contributed by atoms with Gasteiger partial charge in [0.2, 0.25) is 0 Å². The first kappa shape index (κ1) is 9.73. The second kappa shape index (κ2) is 3.40. The zero-order chi connectivity index (χ0) is 10.2. The van der Waals surface area contributed by atoms with Crippen molar-refractivity contribution in [2.24, 2.45) is 11.1 Å². The van der Waals surface area contributed by atoms with E-state index in [-0.39, 0.29) is 24.2 Å². The Morgan fingerprint density at radius 1 is 1.71 bits per heavy atom. The summed E-state index contributed by atoms with van der Waals surface area (Å²) in [5, 5.41) is 9.33. The highest BCUT2D eigenvalue weighted by molar-refractivity contribution is 5.64. The molecular weight excluding hydrogens is 186 g/mol. The Morgan fingerprint density at radius 3 is 3.07 bits per heavy atom. The number of nitrogens with two attached hydrogens (primary N) is 1. The highest BCUT2D eigenvalue weighted by Crippen LogP contribution is 2.47. The second-order valence-corrected chi connectivity index (χ2v) is 4.13. The summed E-state index contributed by atoms with van der Waals surface area (Å²) in [6, 6.07) is 0. The average Bonchev–Trinajstić information content (AvgIpc) is 2.59. The van der Waals surface area contributed by atoms with Gasteiger partial charge in [-0.2, -0.15) is 0 Å². The largest absolute Gasteiger partial charge is 0.446 e. The van der Waals surface area contributed by atoms with E-state index < -0.39 is 6.09 Å². The van der Waals surface area contributed by atoms with Gasteiger partial charge in [0.05, 0.1) is 12.7 Å². The maximum absolute atomic E-state index is 10.6. The fourth-order valence-electron chi connectivity index (χ4n) is 2.57. The first-order valence-electron chi connectivity index (χ1n) is 4.85. The quantitative estimate of drug-likeness (QED) is 0.659. The third-order valence-electron chi connectivity index (χ3n) is 3.31. The molecule has 3 N–H and O–H groups in total. The molecule has 0 spiro atoms. The number of aliphatic hydroxyl groups is 1. The van der Waals surface area contributed by atoms with Gasteiger partial charge in [-0.1, -0.05) is 0 Å². The number of carbonyl (C=O) groups excluding carboxylic acids is 1. The van der Waals surface area contributed by atoms with Crippen LogP contribution in [0.15, 0.2) is 0 Å². The van der Waals surface area contributed by atoms with Crippen LogP contribution in [0.25, 0.3) is 0 Å². The molecule has 1 amide bonds. The van der Waals surface area contributed by atoms with Crippen LogP contribution in [-0.4, -0.2) is 36.6 Å². The fraction of sp³-hybridized carbons (Fsp3) is 0.889. The molecule has 80 valence electrons. The lowest BCUT2D eigenvalue weighted by Crippen LogP contribution is -2.29. The van der Waals surface area contributed by atoms with Gasteiger partial charge in [0.1, 0.15) is 6.10 Å². The molecule has 0 unspecified atom stereocenters. The van der Waals surface area contributed by atoms with Gasteiger partial charge < -0.3 is 20.3 Å². The Morgan fingerprint density at radius 2 is 2.50 bits per heavy atom. The predicted octanol–water partition coefficient (Wildman–Crippen LogP) is 0.0117. The summed E-state index contributed by atoms with van der Waals surface area (Å²) < 4.78 is 10.4. The molecule has 0 aromatic heterocycles. The number of amides is 1. The minimum atomic E-state index is -0.747. The minimum Gasteiger partial charge on any atom is -0.446 e. The molecule has 5 nitrogen and oxygen atoms in total. The molecule has 3 atom stereocenters. The van der Waals surface area contributed by atoms with Gasteiger partial charge in [0.15, 0.2) is 0 Å². The SMILES string of the molecule is NC(=O)O[C@@H]1C[C@H]2OCC[C@]2(CO)C1. The van der Waals surface area contributed by atoms with Crippen molar-refractivity contribution >= 4 is 6.09 Å². The van der Waals surface area contributed by atoms with Crippen LogP contribution in [0, 0.1) is 5.41 Å². The van der Waals surface area contributed by atoms with Crippen molar-refractivity contribution in [3.8, 4) is 0 Å². The Bertz CT molecular complexity index is 245. The Labute approximate surface area is 82.2 Å². The Kier molecular flexibility index (Phi) is 2.36. The molecular formula is C9H15NO4. The van der Waals surface area contributed by atoms with Crippen molar-refractivity contribution in [3.05, 3.63) is 0 Å². The van der Waals surface area contributed by atoms with E-state index >= 15 is 0 Å². The van der Waals surface area contributed by atoms with Crippen LogP contribution in [0.4, 0.5) is 4.79 Å². The summed E-state index contributed by atoms with van der Waals surface area (Å²) in [4.78, 5) is 10.6. The molecule has 2 aliphatic rings. The van der Waals surface area contributed by atoms with Crippen LogP contribution in [0.1, 0.15) is 19.3 Å². The van der Waals surface area contributed by atoms with E-state index in [0.29, 0.717) is 19.4 Å². The maximum Gasteiger partial charge on any atom is 0.404 e. The van der Waals surface area contributed by atoms with Gasteiger partial charge in [-0.3, -0.25) is 0 Å². The summed E-state index contributed by atoms with van der Waals surface area (Å²) in [6.45, 7) is 0.783. The highest BCUT2D eigenvalue weighted by Gasteiger charge is 2.52. The molecule has 0 bridgehead atoms. The van der Waals surface area contributed by atoms with Crippen LogP contribution in [0.5, 0.6) is 0 Å². The van der Waals surface area contributed by atoms with Crippen LogP contribution in [0.2, 0.25) is 0 Å². The number of fused-ring (bicyclic) bond motifs is 1. The smallest absolute Gasteiger partial charge is 0.404 e. The average molecular weight is 201 g/mol. The number of primary amides is 1. The van der Waals surface area contributed by atoms with Crippen LogP contribution < -0.4 is 5.73 Å². The predicted molar refractivity (Wildman–Crippen MR) is 47.6 cm³/mol. The molecule has 1 saturated heterocycles. The number of hydrogen-bond acceptors (Lipinski definition) is 4. The first-order chi connectivity index (χ1) is 6.66. The summed E-state index contributed by atoms with van der Waals surface area (Å²) in [5.41, 5.74) is 4.75. The monoisotopic (exact) mass is 201 g/mol. The van der Waals surface area contributed by atoms with Gasteiger partial charge in [-0.15, -0.1) is 0 Å². The Balaban J connectivity index is 2.01. The van der Waals surface area contributed by atoms with Crippen molar-refractivity contribution < 1.29 is 19.4 Å². The second-order valence-electron chi connectivity index (χ2n) is 4.13. The van der Waals surface area contributed by atoms with Gasteiger partial charge in [-0.25, -0.2) is 4.79 Å². The Hall–Kier alpha value is -0.810. The number of rotatable bonds is 2. The van der Waals surface area contributed by atoms with Gasteiger partial charge in [-0.05, 0) is 12.8 Å². The van der Waals surface area contributed by atoms with E-state index in [9.17, 15) is 9.90 Å². The maximum atomic E-state index is 10.6. The molecule has 0 aromatic rings. The standard InChI is InChI=1S/C9H15NO4/c10-8(12)14-6-3-7-9(4-6,5-11)1-2-13-7/h6-7,11H,1-5H2,(H2,10,12)/t6-,7-,9-/m1/s1. The molecule has 1 saturated carbocycles. The van der Waals surface area contributed by atoms with Crippen LogP contribution >= 0.6 is 0 Å². The third kappa shape index (κ3) is 1.46. The van der Waals surface area contributed by atoms with E-state index in [1.165, 1.54) is 0 Å². The topological polar surface area (TPSA) is 81.8 Å². The zero-order valence-corrected chi connectivity index (χ0v) is 7.94. The van der Waals surface area contributed by atoms with Crippen molar-refractivity contribution in [1.82, 2.24) is 0 Å². The molecule has 2 fully saturated rings. The van der Waals surface area contributed by atoms with E-state index in [0.717, 1.165) is 6.42 Å². The number of hydrogen-bond donors (Lipinski definition) is 2. The van der Waals surface area contributed by atoms with E-state index in [1.807, 2.05) is 0 Å². The van der Waals surface area contributed by atoms with Gasteiger partial charge in [0, 0.05) is 18.4 Å². The van der Waals surface area contributed by atoms with Crippen molar-refractivity contribution in [2.45, 2.75) is 31.5 Å². The van der Waals surface area contributed by atoms with Crippen LogP contribution in [0.3, 0.4) is 0 Å². The van der Waals surface area contributed by atoms with E-state index in [2.05, 4.69) is 0 Å². The molecule has 0 aromatic carbocycles. The number of carbonyl (C=O) groups is 1. The lowest BCUT2D eigenvalue weighted by Gasteiger charge is -2.23. The molecule has 1 aliphatic carbocycles. The third-order valence-corrected chi connectivity index (χ3v) is 3.31. The minimum absolute atomic E-state index is 0.0249. The lowest BCUT2D eigenvalue weighted by molar-refractivity contribution is 0.0376. The zero-order valence-electron chi connectivity index (χ0n) is 7.94. The normalized spacial score (nSPS) is 40.9. The van der Waals surface area contributed by atoms with Gasteiger partial charge >= 0.3 is 6.09 Å². The fourth-order valence-corrected chi connectivity index (χ4v) is 2.57. The highest BCUT2D eigenvalue weighted by atomic mass is 16.6. The number of ether oxygens (including phenoxy) is 2.